The number of rotatable bonds is 45. The molecule has 0 radical (unpaired) electrons. The molecular formula is C56H94O6. The lowest BCUT2D eigenvalue weighted by molar-refractivity contribution is -0.167. The Labute approximate surface area is 382 Å². The van der Waals surface area contributed by atoms with Gasteiger partial charge in [0.2, 0.25) is 0 Å². The smallest absolute Gasteiger partial charge is 0.306 e. The molecule has 0 heterocycles. The molecule has 0 saturated heterocycles. The normalized spacial score (nSPS) is 12.8. The number of allylic oxidation sites excluding steroid dienone is 14. The Morgan fingerprint density at radius 2 is 0.661 bits per heavy atom. The molecule has 62 heavy (non-hydrogen) atoms. The Morgan fingerprint density at radius 1 is 0.339 bits per heavy atom. The van der Waals surface area contributed by atoms with Gasteiger partial charge >= 0.3 is 17.9 Å². The van der Waals surface area contributed by atoms with Crippen LogP contribution in [0.1, 0.15) is 233 Å². The summed E-state index contributed by atoms with van der Waals surface area (Å²) in [4.78, 5) is 37.9. The number of hydrogen-bond acceptors (Lipinski definition) is 6. The maximum Gasteiger partial charge on any atom is 0.306 e. The van der Waals surface area contributed by atoms with E-state index in [1.807, 2.05) is 18.2 Å². The molecule has 0 aliphatic carbocycles. The van der Waals surface area contributed by atoms with Gasteiger partial charge in [0.15, 0.2) is 6.10 Å². The van der Waals surface area contributed by atoms with E-state index in [0.717, 1.165) is 116 Å². The summed E-state index contributed by atoms with van der Waals surface area (Å²) in [5, 5.41) is 0. The van der Waals surface area contributed by atoms with Crippen LogP contribution in [0.5, 0.6) is 0 Å². The lowest BCUT2D eigenvalue weighted by atomic mass is 10.1. The zero-order valence-corrected chi connectivity index (χ0v) is 40.4. The van der Waals surface area contributed by atoms with Crippen molar-refractivity contribution in [2.45, 2.75) is 239 Å². The van der Waals surface area contributed by atoms with E-state index in [4.69, 9.17) is 14.2 Å². The van der Waals surface area contributed by atoms with Gasteiger partial charge in [-0.25, -0.2) is 0 Å². The molecule has 6 heteroatoms. The molecule has 0 amide bonds. The van der Waals surface area contributed by atoms with E-state index in [1.165, 1.54) is 77.0 Å². The van der Waals surface area contributed by atoms with Crippen molar-refractivity contribution in [1.29, 1.82) is 0 Å². The van der Waals surface area contributed by atoms with E-state index in [9.17, 15) is 14.4 Å². The van der Waals surface area contributed by atoms with Crippen LogP contribution in [-0.4, -0.2) is 37.2 Å². The highest BCUT2D eigenvalue weighted by atomic mass is 16.6. The van der Waals surface area contributed by atoms with Gasteiger partial charge in [0.1, 0.15) is 13.2 Å². The second kappa shape index (κ2) is 50.2. The number of esters is 3. The Morgan fingerprint density at radius 3 is 1.10 bits per heavy atom. The summed E-state index contributed by atoms with van der Waals surface area (Å²) in [7, 11) is 0. The van der Waals surface area contributed by atoms with Crippen molar-refractivity contribution in [1.82, 2.24) is 0 Å². The molecule has 0 saturated carbocycles. The summed E-state index contributed by atoms with van der Waals surface area (Å²) in [6.07, 6.45) is 64.2. The van der Waals surface area contributed by atoms with E-state index in [-0.39, 0.29) is 31.1 Å². The molecule has 6 nitrogen and oxygen atoms in total. The lowest BCUT2D eigenvalue weighted by Crippen LogP contribution is -2.30. The van der Waals surface area contributed by atoms with Crippen LogP contribution < -0.4 is 0 Å². The van der Waals surface area contributed by atoms with Gasteiger partial charge in [-0.05, 0) is 83.5 Å². The fraction of sp³-hybridized carbons (Fsp3) is 0.696. The molecule has 0 rings (SSSR count). The van der Waals surface area contributed by atoms with Crippen LogP contribution in [-0.2, 0) is 28.6 Å². The van der Waals surface area contributed by atoms with Crippen molar-refractivity contribution in [2.75, 3.05) is 13.2 Å². The molecule has 0 bridgehead atoms. The van der Waals surface area contributed by atoms with Gasteiger partial charge in [0, 0.05) is 19.3 Å². The first-order valence-electron chi connectivity index (χ1n) is 25.7. The molecule has 1 unspecified atom stereocenters. The summed E-state index contributed by atoms with van der Waals surface area (Å²) < 4.78 is 16.7. The summed E-state index contributed by atoms with van der Waals surface area (Å²) in [5.74, 6) is -0.947. The molecule has 354 valence electrons. The highest BCUT2D eigenvalue weighted by Gasteiger charge is 2.19. The molecule has 1 atom stereocenters. The molecule has 0 aromatic carbocycles. The van der Waals surface area contributed by atoms with Crippen molar-refractivity contribution < 1.29 is 28.6 Å². The minimum absolute atomic E-state index is 0.0967. The molecule has 0 N–H and O–H groups in total. The zero-order chi connectivity index (χ0) is 45.1. The minimum atomic E-state index is -0.798. The van der Waals surface area contributed by atoms with Crippen LogP contribution in [0.4, 0.5) is 0 Å². The average molecular weight is 863 g/mol. The molecule has 0 fully saturated rings. The standard InChI is InChI=1S/C56H94O6/c1-4-7-10-13-16-19-22-24-26-27-28-30-31-34-37-40-43-46-49-55(58)61-52-53(51-60-54(57)48-45-42-39-36-33-21-18-15-12-9-6-3)62-56(59)50-47-44-41-38-35-32-29-25-23-20-17-14-11-8-5-2/h8,11,14-15,17-18,20,23,25-30,53H,4-7,9-10,12-13,16,19,21-22,24,31-52H2,1-3H3/b11-8-,17-14-,18-15-,23-20-,27-26-,29-25-,30-28-. The second-order valence-corrected chi connectivity index (χ2v) is 16.8. The van der Waals surface area contributed by atoms with Crippen molar-refractivity contribution >= 4 is 17.9 Å². The second-order valence-electron chi connectivity index (χ2n) is 16.8. The Balaban J connectivity index is 4.44. The monoisotopic (exact) mass is 863 g/mol. The minimum Gasteiger partial charge on any atom is -0.462 e. The molecule has 0 aromatic rings. The Bertz CT molecular complexity index is 1220. The van der Waals surface area contributed by atoms with Crippen LogP contribution in [0.2, 0.25) is 0 Å². The highest BCUT2D eigenvalue weighted by molar-refractivity contribution is 5.71. The first-order chi connectivity index (χ1) is 30.5. The van der Waals surface area contributed by atoms with Gasteiger partial charge < -0.3 is 14.2 Å². The van der Waals surface area contributed by atoms with Gasteiger partial charge in [0.05, 0.1) is 0 Å². The van der Waals surface area contributed by atoms with Gasteiger partial charge in [-0.15, -0.1) is 0 Å². The molecule has 0 spiro atoms. The maximum absolute atomic E-state index is 12.8. The van der Waals surface area contributed by atoms with Gasteiger partial charge in [-0.2, -0.15) is 0 Å². The van der Waals surface area contributed by atoms with Gasteiger partial charge in [0.25, 0.3) is 0 Å². The Hall–Kier alpha value is -3.41. The third-order valence-corrected chi connectivity index (χ3v) is 10.7. The fourth-order valence-corrected chi connectivity index (χ4v) is 6.84. The lowest BCUT2D eigenvalue weighted by Gasteiger charge is -2.18. The molecule has 0 aliphatic heterocycles. The van der Waals surface area contributed by atoms with E-state index < -0.39 is 6.10 Å². The molecule has 0 aliphatic rings. The first-order valence-corrected chi connectivity index (χ1v) is 25.7. The molecular weight excluding hydrogens is 769 g/mol. The summed E-state index contributed by atoms with van der Waals surface area (Å²) in [6, 6.07) is 0. The van der Waals surface area contributed by atoms with Gasteiger partial charge in [-0.1, -0.05) is 215 Å². The number of carbonyl (C=O) groups excluding carboxylic acids is 3. The van der Waals surface area contributed by atoms with E-state index >= 15 is 0 Å². The van der Waals surface area contributed by atoms with E-state index in [1.54, 1.807) is 0 Å². The van der Waals surface area contributed by atoms with E-state index in [0.29, 0.717) is 19.3 Å². The third-order valence-electron chi connectivity index (χ3n) is 10.7. The quantitative estimate of drug-likeness (QED) is 0.0199. The van der Waals surface area contributed by atoms with Gasteiger partial charge in [-0.3, -0.25) is 14.4 Å². The SMILES string of the molecule is CC\C=C/C=C\C=C/C=C\CCCCCCCC(=O)OC(COC(=O)CCCCCCC/C=C\C=C/CCCCCCCCC)COC(=O)CCCCCCC/C=C\CCCC. The van der Waals surface area contributed by atoms with Crippen LogP contribution in [0.3, 0.4) is 0 Å². The summed E-state index contributed by atoms with van der Waals surface area (Å²) in [5.41, 5.74) is 0. The van der Waals surface area contributed by atoms with Crippen LogP contribution in [0.15, 0.2) is 85.1 Å². The maximum atomic E-state index is 12.8. The third kappa shape index (κ3) is 47.6. The van der Waals surface area contributed by atoms with Crippen LogP contribution in [0.25, 0.3) is 0 Å². The zero-order valence-electron chi connectivity index (χ0n) is 40.4. The summed E-state index contributed by atoms with van der Waals surface area (Å²) >= 11 is 0. The summed E-state index contributed by atoms with van der Waals surface area (Å²) in [6.45, 7) is 6.41. The highest BCUT2D eigenvalue weighted by Crippen LogP contribution is 2.13. The van der Waals surface area contributed by atoms with Crippen molar-refractivity contribution in [3.05, 3.63) is 85.1 Å². The predicted molar refractivity (Wildman–Crippen MR) is 265 cm³/mol. The molecule has 0 aromatic heterocycles. The van der Waals surface area contributed by atoms with Crippen molar-refractivity contribution in [3.8, 4) is 0 Å². The number of ether oxygens (including phenoxy) is 3. The number of hydrogen-bond donors (Lipinski definition) is 0. The fourth-order valence-electron chi connectivity index (χ4n) is 6.84. The van der Waals surface area contributed by atoms with Crippen LogP contribution in [0, 0.1) is 0 Å². The van der Waals surface area contributed by atoms with Crippen molar-refractivity contribution in [3.63, 3.8) is 0 Å². The van der Waals surface area contributed by atoms with Crippen LogP contribution >= 0.6 is 0 Å². The predicted octanol–water partition coefficient (Wildman–Crippen LogP) is 16.8. The topological polar surface area (TPSA) is 78.9 Å². The average Bonchev–Trinajstić information content (AvgIpc) is 3.27. The largest absolute Gasteiger partial charge is 0.462 e. The van der Waals surface area contributed by atoms with E-state index in [2.05, 4.69) is 87.6 Å². The van der Waals surface area contributed by atoms with Crippen molar-refractivity contribution in [2.24, 2.45) is 0 Å². The first kappa shape index (κ1) is 58.6. The Kier molecular flexibility index (Phi) is 47.5. The number of unbranched alkanes of at least 4 members (excludes halogenated alkanes) is 24. The number of carbonyl (C=O) groups is 3.